The van der Waals surface area contributed by atoms with Crippen LogP contribution in [0.4, 0.5) is 0 Å². The first-order valence-electron chi connectivity index (χ1n) is 5.62. The van der Waals surface area contributed by atoms with Crippen molar-refractivity contribution in [2.45, 2.75) is 64.8 Å². The Morgan fingerprint density at radius 3 is 2.23 bits per heavy atom. The number of fused-ring (bicyclic) bond motifs is 2. The molecule has 0 aliphatic heterocycles. The van der Waals surface area contributed by atoms with E-state index in [1.54, 1.807) is 0 Å². The van der Waals surface area contributed by atoms with E-state index < -0.39 is 0 Å². The van der Waals surface area contributed by atoms with Gasteiger partial charge in [0.1, 0.15) is 0 Å². The molecule has 0 radical (unpaired) electrons. The minimum atomic E-state index is 0.175. The van der Waals surface area contributed by atoms with Gasteiger partial charge in [0.15, 0.2) is 0 Å². The standard InChI is InChI=1S/C12H23N/c1-10(2)7-11(3)5-4-6-12(13,8-10)9-11/h4-9,13H2,1-3H3. The SMILES string of the molecule is CC1(C)CC2(C)CCCC(N)(C1)C2. The largest absolute Gasteiger partial charge is 0.325 e. The van der Waals surface area contributed by atoms with Crippen molar-refractivity contribution < 1.29 is 0 Å². The molecule has 0 aromatic rings. The summed E-state index contributed by atoms with van der Waals surface area (Å²) in [6, 6.07) is 0. The molecule has 2 fully saturated rings. The Labute approximate surface area is 82.1 Å². The number of hydrogen-bond acceptors (Lipinski definition) is 1. The molecule has 2 bridgehead atoms. The molecule has 2 rings (SSSR count). The van der Waals surface area contributed by atoms with Crippen molar-refractivity contribution in [2.24, 2.45) is 16.6 Å². The third-order valence-corrected chi connectivity index (χ3v) is 3.97. The van der Waals surface area contributed by atoms with Gasteiger partial charge in [-0.2, -0.15) is 0 Å². The van der Waals surface area contributed by atoms with Gasteiger partial charge in [0, 0.05) is 5.54 Å². The van der Waals surface area contributed by atoms with Gasteiger partial charge in [-0.05, 0) is 42.9 Å². The van der Waals surface area contributed by atoms with Crippen LogP contribution in [0.25, 0.3) is 0 Å². The van der Waals surface area contributed by atoms with Gasteiger partial charge in [0.2, 0.25) is 0 Å². The highest BCUT2D eigenvalue weighted by atomic mass is 14.8. The Kier molecular flexibility index (Phi) is 1.83. The van der Waals surface area contributed by atoms with Gasteiger partial charge in [-0.25, -0.2) is 0 Å². The monoisotopic (exact) mass is 181 g/mol. The number of nitrogens with two attached hydrogens (primary N) is 1. The lowest BCUT2D eigenvalue weighted by Gasteiger charge is -2.55. The van der Waals surface area contributed by atoms with Crippen LogP contribution in [-0.2, 0) is 0 Å². The fourth-order valence-corrected chi connectivity index (χ4v) is 4.37. The summed E-state index contributed by atoms with van der Waals surface area (Å²) < 4.78 is 0. The Bertz CT molecular complexity index is 193. The fraction of sp³-hybridized carbons (Fsp3) is 1.00. The highest BCUT2D eigenvalue weighted by Gasteiger charge is 2.49. The van der Waals surface area contributed by atoms with Crippen molar-refractivity contribution in [1.29, 1.82) is 0 Å². The molecule has 0 aromatic carbocycles. The molecule has 0 aromatic heterocycles. The van der Waals surface area contributed by atoms with Gasteiger partial charge in [-0.15, -0.1) is 0 Å². The second kappa shape index (κ2) is 2.50. The van der Waals surface area contributed by atoms with Crippen molar-refractivity contribution in [1.82, 2.24) is 0 Å². The molecule has 0 heterocycles. The van der Waals surface area contributed by atoms with E-state index in [2.05, 4.69) is 20.8 Å². The zero-order valence-electron chi connectivity index (χ0n) is 9.32. The van der Waals surface area contributed by atoms with Crippen LogP contribution in [0.2, 0.25) is 0 Å². The Hall–Kier alpha value is -0.0400. The molecule has 2 saturated carbocycles. The molecular formula is C12H23N. The fourth-order valence-electron chi connectivity index (χ4n) is 4.37. The normalized spacial score (nSPS) is 48.9. The molecule has 2 atom stereocenters. The van der Waals surface area contributed by atoms with E-state index in [9.17, 15) is 0 Å². The molecule has 76 valence electrons. The van der Waals surface area contributed by atoms with Crippen LogP contribution < -0.4 is 5.73 Å². The highest BCUT2D eigenvalue weighted by molar-refractivity contribution is 5.04. The topological polar surface area (TPSA) is 26.0 Å². The van der Waals surface area contributed by atoms with Gasteiger partial charge >= 0.3 is 0 Å². The lowest BCUT2D eigenvalue weighted by molar-refractivity contribution is -0.00391. The lowest BCUT2D eigenvalue weighted by atomic mass is 9.53. The summed E-state index contributed by atoms with van der Waals surface area (Å²) in [5.74, 6) is 0. The van der Waals surface area contributed by atoms with Crippen LogP contribution in [0.5, 0.6) is 0 Å². The molecule has 2 unspecified atom stereocenters. The number of rotatable bonds is 0. The zero-order valence-corrected chi connectivity index (χ0v) is 9.32. The molecule has 1 heteroatoms. The maximum Gasteiger partial charge on any atom is 0.0164 e. The summed E-state index contributed by atoms with van der Waals surface area (Å²) in [5, 5.41) is 0. The first-order valence-corrected chi connectivity index (χ1v) is 5.62. The van der Waals surface area contributed by atoms with Crippen LogP contribution in [0.3, 0.4) is 0 Å². The molecule has 2 N–H and O–H groups in total. The van der Waals surface area contributed by atoms with E-state index in [-0.39, 0.29) is 5.54 Å². The average molecular weight is 181 g/mol. The maximum absolute atomic E-state index is 6.46. The van der Waals surface area contributed by atoms with Crippen LogP contribution in [-0.4, -0.2) is 5.54 Å². The first kappa shape index (κ1) is 9.51. The molecule has 0 spiro atoms. The van der Waals surface area contributed by atoms with E-state index in [0.29, 0.717) is 10.8 Å². The van der Waals surface area contributed by atoms with Gasteiger partial charge in [0.05, 0.1) is 0 Å². The van der Waals surface area contributed by atoms with Crippen molar-refractivity contribution in [2.75, 3.05) is 0 Å². The lowest BCUT2D eigenvalue weighted by Crippen LogP contribution is -2.55. The van der Waals surface area contributed by atoms with Crippen molar-refractivity contribution in [3.63, 3.8) is 0 Å². The second-order valence-corrected chi connectivity index (χ2v) is 6.72. The van der Waals surface area contributed by atoms with Gasteiger partial charge in [-0.1, -0.05) is 27.2 Å². The van der Waals surface area contributed by atoms with E-state index in [4.69, 9.17) is 5.73 Å². The maximum atomic E-state index is 6.46. The van der Waals surface area contributed by atoms with Crippen molar-refractivity contribution >= 4 is 0 Å². The summed E-state index contributed by atoms with van der Waals surface area (Å²) in [7, 11) is 0. The van der Waals surface area contributed by atoms with Gasteiger partial charge < -0.3 is 5.73 Å². The van der Waals surface area contributed by atoms with Crippen LogP contribution in [0.1, 0.15) is 59.3 Å². The van der Waals surface area contributed by atoms with Crippen LogP contribution in [0, 0.1) is 10.8 Å². The molecule has 1 nitrogen and oxygen atoms in total. The van der Waals surface area contributed by atoms with Crippen LogP contribution in [0.15, 0.2) is 0 Å². The minimum absolute atomic E-state index is 0.175. The minimum Gasteiger partial charge on any atom is -0.325 e. The van der Waals surface area contributed by atoms with Crippen LogP contribution >= 0.6 is 0 Å². The molecule has 0 amide bonds. The predicted octanol–water partition coefficient (Wildman–Crippen LogP) is 3.08. The van der Waals surface area contributed by atoms with E-state index >= 15 is 0 Å². The number of hydrogen-bond donors (Lipinski definition) is 1. The molecule has 2 aliphatic carbocycles. The highest BCUT2D eigenvalue weighted by Crippen LogP contribution is 2.55. The first-order chi connectivity index (χ1) is 5.83. The summed E-state index contributed by atoms with van der Waals surface area (Å²) in [6.07, 6.45) is 7.88. The zero-order chi connectivity index (χ0) is 9.74. The molecule has 0 saturated heterocycles. The van der Waals surface area contributed by atoms with Crippen molar-refractivity contribution in [3.8, 4) is 0 Å². The Morgan fingerprint density at radius 1 is 0.923 bits per heavy atom. The Balaban J connectivity index is 2.26. The third kappa shape index (κ3) is 1.76. The summed E-state index contributed by atoms with van der Waals surface area (Å²) in [4.78, 5) is 0. The predicted molar refractivity (Wildman–Crippen MR) is 56.5 cm³/mol. The van der Waals surface area contributed by atoms with Crippen molar-refractivity contribution in [3.05, 3.63) is 0 Å². The summed E-state index contributed by atoms with van der Waals surface area (Å²) in [6.45, 7) is 7.21. The quantitative estimate of drug-likeness (QED) is 0.610. The summed E-state index contributed by atoms with van der Waals surface area (Å²) in [5.41, 5.74) is 7.66. The molecular weight excluding hydrogens is 158 g/mol. The third-order valence-electron chi connectivity index (χ3n) is 3.97. The van der Waals surface area contributed by atoms with E-state index in [0.717, 1.165) is 0 Å². The van der Waals surface area contributed by atoms with Gasteiger partial charge in [-0.3, -0.25) is 0 Å². The van der Waals surface area contributed by atoms with E-state index in [1.165, 1.54) is 38.5 Å². The smallest absolute Gasteiger partial charge is 0.0164 e. The molecule has 2 aliphatic rings. The van der Waals surface area contributed by atoms with Gasteiger partial charge in [0.25, 0.3) is 0 Å². The second-order valence-electron chi connectivity index (χ2n) is 6.72. The van der Waals surface area contributed by atoms with E-state index in [1.807, 2.05) is 0 Å². The average Bonchev–Trinajstić information content (AvgIpc) is 1.76. The molecule has 13 heavy (non-hydrogen) atoms. The summed E-state index contributed by atoms with van der Waals surface area (Å²) >= 11 is 0. The Morgan fingerprint density at radius 2 is 1.62 bits per heavy atom.